The van der Waals surface area contributed by atoms with E-state index < -0.39 is 0 Å². The standard InChI is InChI=1S/C16H15BrFNO/c17-14-7-10(1-5-15(14)18)9-20-12-3-4-13-11(8-12)2-6-16(13)19/h1,3-5,7-8,16H,2,6,9,19H2/t16-/m1/s1. The fraction of sp³-hybridized carbons (Fsp3) is 0.250. The van der Waals surface area contributed by atoms with E-state index in [1.54, 1.807) is 12.1 Å². The van der Waals surface area contributed by atoms with Crippen molar-refractivity contribution in [3.05, 3.63) is 63.4 Å². The van der Waals surface area contributed by atoms with Crippen LogP contribution in [0.2, 0.25) is 0 Å². The summed E-state index contributed by atoms with van der Waals surface area (Å²) in [6.45, 7) is 0.420. The van der Waals surface area contributed by atoms with Gasteiger partial charge < -0.3 is 10.5 Å². The van der Waals surface area contributed by atoms with Crippen molar-refractivity contribution in [3.63, 3.8) is 0 Å². The number of hydrogen-bond acceptors (Lipinski definition) is 2. The number of rotatable bonds is 3. The highest BCUT2D eigenvalue weighted by Crippen LogP contribution is 2.32. The van der Waals surface area contributed by atoms with Gasteiger partial charge in [0.05, 0.1) is 4.47 Å². The molecule has 1 aliphatic rings. The molecular weight excluding hydrogens is 321 g/mol. The molecule has 0 aliphatic heterocycles. The van der Waals surface area contributed by atoms with Crippen LogP contribution in [-0.2, 0) is 13.0 Å². The molecule has 0 radical (unpaired) electrons. The van der Waals surface area contributed by atoms with Crippen LogP contribution in [0.25, 0.3) is 0 Å². The Morgan fingerprint density at radius 1 is 1.25 bits per heavy atom. The average molecular weight is 336 g/mol. The molecule has 1 aliphatic carbocycles. The zero-order chi connectivity index (χ0) is 14.1. The highest BCUT2D eigenvalue weighted by atomic mass is 79.9. The molecule has 2 aromatic carbocycles. The van der Waals surface area contributed by atoms with Crippen LogP contribution in [0.4, 0.5) is 4.39 Å². The lowest BCUT2D eigenvalue weighted by molar-refractivity contribution is 0.305. The van der Waals surface area contributed by atoms with E-state index in [0.717, 1.165) is 24.2 Å². The van der Waals surface area contributed by atoms with Crippen LogP contribution in [-0.4, -0.2) is 0 Å². The number of fused-ring (bicyclic) bond motifs is 1. The third kappa shape index (κ3) is 2.72. The Morgan fingerprint density at radius 2 is 2.10 bits per heavy atom. The molecule has 0 aromatic heterocycles. The predicted octanol–water partition coefficient (Wildman–Crippen LogP) is 4.11. The maximum atomic E-state index is 13.1. The fourth-order valence-corrected chi connectivity index (χ4v) is 2.94. The smallest absolute Gasteiger partial charge is 0.137 e. The van der Waals surface area contributed by atoms with Crippen LogP contribution in [0, 0.1) is 5.82 Å². The van der Waals surface area contributed by atoms with Crippen molar-refractivity contribution >= 4 is 15.9 Å². The Bertz CT molecular complexity index is 644. The van der Waals surface area contributed by atoms with E-state index in [-0.39, 0.29) is 11.9 Å². The summed E-state index contributed by atoms with van der Waals surface area (Å²) in [4.78, 5) is 0. The van der Waals surface area contributed by atoms with Gasteiger partial charge in [0.25, 0.3) is 0 Å². The first-order valence-electron chi connectivity index (χ1n) is 6.58. The minimum atomic E-state index is -0.264. The molecule has 104 valence electrons. The first-order chi connectivity index (χ1) is 9.63. The molecule has 0 bridgehead atoms. The number of hydrogen-bond donors (Lipinski definition) is 1. The summed E-state index contributed by atoms with van der Waals surface area (Å²) >= 11 is 3.18. The van der Waals surface area contributed by atoms with Crippen molar-refractivity contribution in [3.8, 4) is 5.75 Å². The van der Waals surface area contributed by atoms with Crippen molar-refractivity contribution in [2.45, 2.75) is 25.5 Å². The molecule has 2 N–H and O–H groups in total. The molecule has 3 rings (SSSR count). The Kier molecular flexibility index (Phi) is 3.76. The summed E-state index contributed by atoms with van der Waals surface area (Å²) in [5.74, 6) is 0.568. The lowest BCUT2D eigenvalue weighted by Gasteiger charge is -2.10. The molecule has 1 atom stereocenters. The van der Waals surface area contributed by atoms with Crippen LogP contribution in [0.5, 0.6) is 5.75 Å². The molecule has 0 fully saturated rings. The van der Waals surface area contributed by atoms with Crippen molar-refractivity contribution in [1.82, 2.24) is 0 Å². The zero-order valence-corrected chi connectivity index (χ0v) is 12.5. The maximum Gasteiger partial charge on any atom is 0.137 e. The number of nitrogens with two attached hydrogens (primary N) is 1. The third-order valence-electron chi connectivity index (χ3n) is 3.63. The lowest BCUT2D eigenvalue weighted by Crippen LogP contribution is -2.05. The Hall–Kier alpha value is -1.39. The van der Waals surface area contributed by atoms with Crippen LogP contribution >= 0.6 is 15.9 Å². The SMILES string of the molecule is N[C@@H]1CCc2cc(OCc3ccc(F)c(Br)c3)ccc21. The van der Waals surface area contributed by atoms with Gasteiger partial charge in [-0.25, -0.2) is 4.39 Å². The van der Waals surface area contributed by atoms with Gasteiger partial charge in [0, 0.05) is 6.04 Å². The molecular formula is C16H15BrFNO. The Labute approximate surface area is 125 Å². The van der Waals surface area contributed by atoms with Gasteiger partial charge in [-0.1, -0.05) is 12.1 Å². The van der Waals surface area contributed by atoms with Gasteiger partial charge in [-0.3, -0.25) is 0 Å². The summed E-state index contributed by atoms with van der Waals surface area (Å²) in [6.07, 6.45) is 2.01. The number of benzene rings is 2. The largest absolute Gasteiger partial charge is 0.489 e. The molecule has 0 heterocycles. The highest BCUT2D eigenvalue weighted by molar-refractivity contribution is 9.10. The van der Waals surface area contributed by atoms with Crippen molar-refractivity contribution in [2.75, 3.05) is 0 Å². The van der Waals surface area contributed by atoms with Crippen molar-refractivity contribution < 1.29 is 9.13 Å². The predicted molar refractivity (Wildman–Crippen MR) is 80.1 cm³/mol. The molecule has 4 heteroatoms. The summed E-state index contributed by atoms with van der Waals surface area (Å²) < 4.78 is 19.4. The second-order valence-electron chi connectivity index (χ2n) is 5.04. The molecule has 0 unspecified atom stereocenters. The normalized spacial score (nSPS) is 17.1. The van der Waals surface area contributed by atoms with Gasteiger partial charge >= 0.3 is 0 Å². The topological polar surface area (TPSA) is 35.2 Å². The van der Waals surface area contributed by atoms with Crippen LogP contribution in [0.3, 0.4) is 0 Å². The molecule has 0 amide bonds. The van der Waals surface area contributed by atoms with E-state index in [1.807, 2.05) is 12.1 Å². The second-order valence-corrected chi connectivity index (χ2v) is 5.90. The Balaban J connectivity index is 1.71. The minimum Gasteiger partial charge on any atom is -0.489 e. The molecule has 2 aromatic rings. The van der Waals surface area contributed by atoms with E-state index >= 15 is 0 Å². The van der Waals surface area contributed by atoms with E-state index in [9.17, 15) is 4.39 Å². The number of halogens is 2. The highest BCUT2D eigenvalue weighted by Gasteiger charge is 2.19. The molecule has 2 nitrogen and oxygen atoms in total. The Morgan fingerprint density at radius 3 is 2.90 bits per heavy atom. The summed E-state index contributed by atoms with van der Waals surface area (Å²) in [6, 6.07) is 11.1. The number of ether oxygens (including phenoxy) is 1. The quantitative estimate of drug-likeness (QED) is 0.915. The maximum absolute atomic E-state index is 13.1. The lowest BCUT2D eigenvalue weighted by atomic mass is 10.1. The van der Waals surface area contributed by atoms with Gasteiger partial charge in [0.1, 0.15) is 18.2 Å². The summed E-state index contributed by atoms with van der Waals surface area (Å²) in [7, 11) is 0. The minimum absolute atomic E-state index is 0.159. The van der Waals surface area contributed by atoms with Gasteiger partial charge in [-0.2, -0.15) is 0 Å². The first-order valence-corrected chi connectivity index (χ1v) is 7.38. The zero-order valence-electron chi connectivity index (χ0n) is 10.9. The molecule has 0 saturated carbocycles. The fourth-order valence-electron chi connectivity index (χ4n) is 2.51. The van der Waals surface area contributed by atoms with Crippen molar-refractivity contribution in [2.24, 2.45) is 5.73 Å². The van der Waals surface area contributed by atoms with E-state index in [0.29, 0.717) is 11.1 Å². The van der Waals surface area contributed by atoms with Gasteiger partial charge in [0.2, 0.25) is 0 Å². The molecule has 20 heavy (non-hydrogen) atoms. The second kappa shape index (κ2) is 5.54. The molecule has 0 saturated heterocycles. The summed E-state index contributed by atoms with van der Waals surface area (Å²) in [5.41, 5.74) is 9.43. The first kappa shape index (κ1) is 13.6. The monoisotopic (exact) mass is 335 g/mol. The van der Waals surface area contributed by atoms with Gasteiger partial charge in [-0.15, -0.1) is 0 Å². The van der Waals surface area contributed by atoms with Crippen LogP contribution < -0.4 is 10.5 Å². The van der Waals surface area contributed by atoms with Gasteiger partial charge in [0.15, 0.2) is 0 Å². The number of aryl methyl sites for hydroxylation is 1. The van der Waals surface area contributed by atoms with E-state index in [4.69, 9.17) is 10.5 Å². The third-order valence-corrected chi connectivity index (χ3v) is 4.24. The van der Waals surface area contributed by atoms with Crippen LogP contribution in [0.1, 0.15) is 29.2 Å². The average Bonchev–Trinajstić information content (AvgIpc) is 2.81. The van der Waals surface area contributed by atoms with E-state index in [2.05, 4.69) is 22.0 Å². The van der Waals surface area contributed by atoms with Crippen LogP contribution in [0.15, 0.2) is 40.9 Å². The summed E-state index contributed by atoms with van der Waals surface area (Å²) in [5, 5.41) is 0. The van der Waals surface area contributed by atoms with E-state index in [1.165, 1.54) is 17.2 Å². The molecule has 0 spiro atoms. The van der Waals surface area contributed by atoms with Crippen molar-refractivity contribution in [1.29, 1.82) is 0 Å². The van der Waals surface area contributed by atoms with Gasteiger partial charge in [-0.05, 0) is 69.7 Å².